The van der Waals surface area contributed by atoms with Gasteiger partial charge in [0, 0.05) is 156 Å². The van der Waals surface area contributed by atoms with E-state index >= 15 is 0 Å². The number of rotatable bonds is 20. The van der Waals surface area contributed by atoms with E-state index in [0.717, 1.165) is 213 Å². The van der Waals surface area contributed by atoms with Gasteiger partial charge in [0.2, 0.25) is 0 Å². The molecule has 9 N–H and O–H groups in total. The number of carbonyl (C=O) groups excluding carboxylic acids is 4. The molecule has 636 valence electrons. The van der Waals surface area contributed by atoms with Crippen LogP contribution in [0.15, 0.2) is 250 Å². The molecule has 15 heterocycles. The molecule has 30 heteroatoms. The van der Waals surface area contributed by atoms with Crippen LogP contribution in [0.1, 0.15) is 101 Å². The topological polar surface area (TPSA) is 383 Å². The van der Waals surface area contributed by atoms with Gasteiger partial charge in [-0.2, -0.15) is 20.4 Å². The number of aromatic amines is 4. The van der Waals surface area contributed by atoms with Crippen LogP contribution in [0.3, 0.4) is 0 Å². The molecule has 3 aliphatic heterocycles. The zero-order valence-corrected chi connectivity index (χ0v) is 70.3. The Balaban J connectivity index is 0.000000119. The van der Waals surface area contributed by atoms with Crippen LogP contribution >= 0.6 is 0 Å². The number of hydrogen-bond donors (Lipinski definition) is 9. The minimum absolute atomic E-state index is 0.180. The van der Waals surface area contributed by atoms with Crippen LogP contribution in [0.5, 0.6) is 11.5 Å². The Bertz CT molecular complexity index is 6740. The number of piperidine rings is 1. The minimum Gasteiger partial charge on any atom is -0.456 e. The summed E-state index contributed by atoms with van der Waals surface area (Å²) in [6.45, 7) is 17.7. The second kappa shape index (κ2) is 39.0. The molecule has 0 saturated carbocycles. The Hall–Kier alpha value is -15.3. The highest BCUT2D eigenvalue weighted by molar-refractivity contribution is 6.14. The van der Waals surface area contributed by atoms with E-state index in [1.165, 1.54) is 12.0 Å². The predicted molar refractivity (Wildman–Crippen MR) is 488 cm³/mol. The molecule has 127 heavy (non-hydrogen) atoms. The molecule has 0 atom stereocenters. The van der Waals surface area contributed by atoms with Crippen molar-refractivity contribution in [1.82, 2.24) is 95.4 Å². The molecule has 0 spiro atoms. The fraction of sp³-hybridized carbons (Fsp3) is 0.196. The van der Waals surface area contributed by atoms with Crippen molar-refractivity contribution in [2.45, 2.75) is 72.7 Å². The number of anilines is 4. The fourth-order valence-corrected chi connectivity index (χ4v) is 15.0. The normalized spacial score (nSPS) is 13.6. The van der Waals surface area contributed by atoms with Crippen molar-refractivity contribution in [2.75, 3.05) is 73.7 Å². The maximum absolute atomic E-state index is 12.9. The molecule has 30 nitrogen and oxygen atoms in total. The Morgan fingerprint density at radius 2 is 0.677 bits per heavy atom. The number of aliphatic hydroxyl groups excluding tert-OH is 1. The van der Waals surface area contributed by atoms with Crippen LogP contribution in [-0.2, 0) is 24.4 Å². The van der Waals surface area contributed by atoms with Crippen molar-refractivity contribution in [2.24, 2.45) is 0 Å². The number of para-hydroxylation sites is 1. The fourth-order valence-electron chi connectivity index (χ4n) is 15.0. The number of benzene rings is 5. The van der Waals surface area contributed by atoms with Crippen LogP contribution in [0.2, 0.25) is 0 Å². The first kappa shape index (κ1) is 83.9. The van der Waals surface area contributed by atoms with Gasteiger partial charge in [-0.15, -0.1) is 0 Å². The van der Waals surface area contributed by atoms with E-state index in [-0.39, 0.29) is 29.7 Å². The second-order valence-electron chi connectivity index (χ2n) is 31.5. The van der Waals surface area contributed by atoms with Gasteiger partial charge in [-0.1, -0.05) is 42.5 Å². The zero-order valence-electron chi connectivity index (χ0n) is 70.3. The number of hydrogen-bond acceptors (Lipinski definition) is 22. The number of H-pyrrole nitrogens is 4. The molecule has 0 unspecified atom stereocenters. The Morgan fingerprint density at radius 3 is 1.00 bits per heavy atom. The summed E-state index contributed by atoms with van der Waals surface area (Å²) in [6.07, 6.45) is 23.9. The maximum Gasteiger partial charge on any atom is 0.276 e. The van der Waals surface area contributed by atoms with Gasteiger partial charge in [0.1, 0.15) is 11.5 Å². The lowest BCUT2D eigenvalue weighted by Gasteiger charge is -2.30. The van der Waals surface area contributed by atoms with Crippen molar-refractivity contribution in [3.05, 3.63) is 313 Å². The lowest BCUT2D eigenvalue weighted by Crippen LogP contribution is -2.36. The molecule has 20 rings (SSSR count). The zero-order chi connectivity index (χ0) is 87.1. The predicted octanol–water partition coefficient (Wildman–Crippen LogP) is 16.1. The maximum atomic E-state index is 12.9. The number of aryl methyl sites for hydroxylation is 4. The van der Waals surface area contributed by atoms with E-state index in [0.29, 0.717) is 51.3 Å². The highest BCUT2D eigenvalue weighted by atomic mass is 16.5. The molecule has 3 aliphatic rings. The van der Waals surface area contributed by atoms with E-state index in [4.69, 9.17) is 9.47 Å². The Morgan fingerprint density at radius 1 is 0.354 bits per heavy atom. The number of aliphatic hydroxyl groups is 1. The number of aromatic nitrogens is 16. The van der Waals surface area contributed by atoms with Gasteiger partial charge in [0.15, 0.2) is 22.8 Å². The molecular weight excluding hydrogens is 1600 g/mol. The van der Waals surface area contributed by atoms with Crippen molar-refractivity contribution in [3.8, 4) is 56.0 Å². The summed E-state index contributed by atoms with van der Waals surface area (Å²) >= 11 is 0. The molecule has 0 radical (unpaired) electrons. The van der Waals surface area contributed by atoms with Crippen LogP contribution in [0, 0.1) is 27.7 Å². The number of pyridine rings is 8. The van der Waals surface area contributed by atoms with E-state index in [9.17, 15) is 24.3 Å². The average molecular weight is 1690 g/mol. The van der Waals surface area contributed by atoms with E-state index < -0.39 is 0 Å². The van der Waals surface area contributed by atoms with Crippen molar-refractivity contribution >= 4 is 90.0 Å². The molecule has 17 aromatic rings. The third-order valence-electron chi connectivity index (χ3n) is 22.0. The second-order valence-corrected chi connectivity index (χ2v) is 31.5. The van der Waals surface area contributed by atoms with E-state index in [1.807, 2.05) is 223 Å². The first-order chi connectivity index (χ1) is 62.0. The molecule has 12 aromatic heterocycles. The smallest absolute Gasteiger partial charge is 0.276 e. The average Bonchev–Trinajstić information content (AvgIpc) is 1.70. The molecule has 5 aromatic carbocycles. The number of carbonyl (C=O) groups is 4. The molecule has 3 saturated heterocycles. The van der Waals surface area contributed by atoms with Crippen LogP contribution in [0.4, 0.5) is 22.7 Å². The number of amides is 4. The number of likely N-dealkylation sites (tertiary alicyclic amines) is 2. The molecule has 3 fully saturated rings. The van der Waals surface area contributed by atoms with E-state index in [1.54, 1.807) is 37.2 Å². The van der Waals surface area contributed by atoms with Crippen molar-refractivity contribution in [1.29, 1.82) is 0 Å². The highest BCUT2D eigenvalue weighted by Gasteiger charge is 2.24. The molecule has 0 bridgehead atoms. The van der Waals surface area contributed by atoms with Gasteiger partial charge in [0.05, 0.1) is 95.1 Å². The third kappa shape index (κ3) is 21.1. The third-order valence-corrected chi connectivity index (χ3v) is 22.0. The highest BCUT2D eigenvalue weighted by Crippen LogP contribution is 2.34. The monoisotopic (exact) mass is 1690 g/mol. The number of nitrogens with zero attached hydrogens (tertiary/aromatic N) is 15. The van der Waals surface area contributed by atoms with Gasteiger partial charge in [-0.05, 0) is 232 Å². The quantitative estimate of drug-likeness (QED) is 0.0342. The minimum atomic E-state index is -0.307. The number of ether oxygens (including phenoxy) is 2. The van der Waals surface area contributed by atoms with Crippen molar-refractivity contribution < 1.29 is 33.8 Å². The number of fused-ring (bicyclic) bond motifs is 4. The largest absolute Gasteiger partial charge is 0.456 e. The standard InChI is InChI=1S/C25H26N6O2.C25H19N5O2.C24H24N6O2.C23H22N6O/c1-16-2-4-20(14-27-16)28-25(33)24-22-11-18(3-5-23(22)29-30-24)19-10-17(12-26-13-19)15-31-8-6-21(32)7-9-31;1-16-7-9-19(14-27-16)28-25(31)24-22-12-17(8-10-23(22)29-30-24)18-11-21(15-26-13-18)32-20-5-3-2-4-6-20;1-16-2-4-20(14-26-16)27-24(31)23-21-11-18(3-5-22(21)28-29-23)19-10-17(12-25-13-19)15-30-6-8-32-9-7-30;1-15-3-5-19(13-25-15)26-23(30)22-20-10-17(4-6-21(20)27-28-22)18-9-16(11-24-12-18)14-29-7-2-8-29/h2-5,10-14,21,32H,6-9,15H2,1H3,(H,28,33)(H,29,30);2-15H,1H3,(H,28,31)(H,29,30);2-5,10-14H,6-9,15H2,1H3,(H,27,31)(H,28,29);3-6,9-13H,2,7-8,14H2,1H3,(H,26,30)(H,27,28). The Labute approximate surface area is 730 Å². The van der Waals surface area contributed by atoms with Gasteiger partial charge in [-0.25, -0.2) is 0 Å². The summed E-state index contributed by atoms with van der Waals surface area (Å²) in [5, 5.41) is 52.9. The van der Waals surface area contributed by atoms with Crippen LogP contribution in [-0.4, -0.2) is 183 Å². The lowest BCUT2D eigenvalue weighted by molar-refractivity contribution is 0.0341. The summed E-state index contributed by atoms with van der Waals surface area (Å²) in [5.74, 6) is 0.223. The van der Waals surface area contributed by atoms with Crippen molar-refractivity contribution in [3.63, 3.8) is 0 Å². The lowest BCUT2D eigenvalue weighted by atomic mass is 10.0. The summed E-state index contributed by atoms with van der Waals surface area (Å²) in [7, 11) is 0. The summed E-state index contributed by atoms with van der Waals surface area (Å²) < 4.78 is 11.3. The molecule has 4 amide bonds. The molecule has 0 aliphatic carbocycles. The van der Waals surface area contributed by atoms with Gasteiger partial charge >= 0.3 is 0 Å². The first-order valence-electron chi connectivity index (χ1n) is 41.8. The van der Waals surface area contributed by atoms with Gasteiger partial charge in [0.25, 0.3) is 23.6 Å². The number of morpholine rings is 1. The molecular formula is C97H91N23O7. The Kier molecular flexibility index (Phi) is 25.8. The SMILES string of the molecule is Cc1ccc(NC(=O)c2n[nH]c3ccc(-c4cncc(CN5CCC(O)CC5)c4)cc23)cn1.Cc1ccc(NC(=O)c2n[nH]c3ccc(-c4cncc(CN5CCC5)c4)cc23)cn1.Cc1ccc(NC(=O)c2n[nH]c3ccc(-c4cncc(CN5CCOCC5)c4)cc23)cn1.Cc1ccc(NC(=O)c2n[nH]c3ccc(-c4cncc(Oc5ccccc5)c4)cc23)cn1. The van der Waals surface area contributed by atoms with Gasteiger partial charge in [-0.3, -0.25) is 94.1 Å². The summed E-state index contributed by atoms with van der Waals surface area (Å²) in [5.41, 5.74) is 21.8. The summed E-state index contributed by atoms with van der Waals surface area (Å²) in [6, 6.07) is 56.2. The summed E-state index contributed by atoms with van der Waals surface area (Å²) in [4.78, 5) is 92.9. The van der Waals surface area contributed by atoms with E-state index in [2.05, 4.69) is 135 Å². The van der Waals surface area contributed by atoms with Crippen LogP contribution < -0.4 is 26.0 Å². The number of nitrogens with one attached hydrogen (secondary N) is 8. The van der Waals surface area contributed by atoms with Crippen LogP contribution in [0.25, 0.3) is 88.1 Å². The van der Waals surface area contributed by atoms with Gasteiger partial charge < -0.3 is 35.8 Å². The first-order valence-corrected chi connectivity index (χ1v) is 41.8.